The van der Waals surface area contributed by atoms with Crippen molar-refractivity contribution in [3.63, 3.8) is 0 Å². The van der Waals surface area contributed by atoms with E-state index in [4.69, 9.17) is 23.2 Å². The Kier molecular flexibility index (Phi) is 5.36. The molecular weight excluding hydrogens is 293 g/mol. The van der Waals surface area contributed by atoms with E-state index in [1.165, 1.54) is 12.8 Å². The summed E-state index contributed by atoms with van der Waals surface area (Å²) in [5.41, 5.74) is 0.948. The molecule has 0 saturated heterocycles. The summed E-state index contributed by atoms with van der Waals surface area (Å²) < 4.78 is 0. The average molecular weight is 316 g/mol. The van der Waals surface area contributed by atoms with E-state index in [2.05, 4.69) is 19.2 Å². The van der Waals surface area contributed by atoms with Crippen molar-refractivity contribution >= 4 is 23.2 Å². The highest BCUT2D eigenvalue weighted by Crippen LogP contribution is 2.34. The molecule has 0 spiro atoms. The van der Waals surface area contributed by atoms with Crippen LogP contribution in [0.15, 0.2) is 18.2 Å². The zero-order chi connectivity index (χ0) is 14.8. The standard InChI is InChI=1S/C16H23Cl2NO/c1-11-5-7-16(10-20,8-6-11)19-12(2)13-3-4-14(17)15(18)9-13/h3-4,9,11-12,19-20H,5-8,10H2,1-2H3. The lowest BCUT2D eigenvalue weighted by Gasteiger charge is -2.41. The van der Waals surface area contributed by atoms with Crippen LogP contribution in [0.3, 0.4) is 0 Å². The van der Waals surface area contributed by atoms with Crippen molar-refractivity contribution in [2.75, 3.05) is 6.61 Å². The van der Waals surface area contributed by atoms with Crippen molar-refractivity contribution < 1.29 is 5.11 Å². The summed E-state index contributed by atoms with van der Waals surface area (Å²) in [4.78, 5) is 0. The number of nitrogens with one attached hydrogen (secondary N) is 1. The lowest BCUT2D eigenvalue weighted by Crippen LogP contribution is -2.51. The first-order valence-corrected chi connectivity index (χ1v) is 8.05. The molecule has 1 unspecified atom stereocenters. The highest BCUT2D eigenvalue weighted by Gasteiger charge is 2.34. The van der Waals surface area contributed by atoms with Crippen LogP contribution in [0, 0.1) is 5.92 Å². The maximum atomic E-state index is 9.81. The van der Waals surface area contributed by atoms with Gasteiger partial charge in [-0.1, -0.05) is 36.2 Å². The zero-order valence-corrected chi connectivity index (χ0v) is 13.6. The molecule has 1 atom stereocenters. The summed E-state index contributed by atoms with van der Waals surface area (Å²) in [6.45, 7) is 4.57. The smallest absolute Gasteiger partial charge is 0.0613 e. The van der Waals surface area contributed by atoms with Crippen LogP contribution in [-0.2, 0) is 0 Å². The van der Waals surface area contributed by atoms with Crippen LogP contribution in [0.2, 0.25) is 10.0 Å². The van der Waals surface area contributed by atoms with Crippen molar-refractivity contribution in [2.45, 2.75) is 51.1 Å². The van der Waals surface area contributed by atoms with Gasteiger partial charge >= 0.3 is 0 Å². The molecule has 0 amide bonds. The molecule has 112 valence electrons. The van der Waals surface area contributed by atoms with E-state index in [1.54, 1.807) is 0 Å². The van der Waals surface area contributed by atoms with Gasteiger partial charge in [-0.15, -0.1) is 0 Å². The van der Waals surface area contributed by atoms with Crippen molar-refractivity contribution in [3.05, 3.63) is 33.8 Å². The number of hydrogen-bond acceptors (Lipinski definition) is 2. The van der Waals surface area contributed by atoms with Gasteiger partial charge < -0.3 is 10.4 Å². The Morgan fingerprint density at radius 1 is 1.30 bits per heavy atom. The Labute approximate surface area is 131 Å². The van der Waals surface area contributed by atoms with Crippen LogP contribution >= 0.6 is 23.2 Å². The summed E-state index contributed by atoms with van der Waals surface area (Å²) in [5.74, 6) is 0.761. The van der Waals surface area contributed by atoms with Crippen LogP contribution < -0.4 is 5.32 Å². The quantitative estimate of drug-likeness (QED) is 0.852. The van der Waals surface area contributed by atoms with E-state index in [9.17, 15) is 5.11 Å². The van der Waals surface area contributed by atoms with Gasteiger partial charge in [0.2, 0.25) is 0 Å². The summed E-state index contributed by atoms with van der Waals surface area (Å²) in [7, 11) is 0. The normalized spacial score (nSPS) is 28.4. The monoisotopic (exact) mass is 315 g/mol. The van der Waals surface area contributed by atoms with Gasteiger partial charge in [-0.2, -0.15) is 0 Å². The minimum Gasteiger partial charge on any atom is -0.394 e. The van der Waals surface area contributed by atoms with Gasteiger partial charge in [0.1, 0.15) is 0 Å². The molecular formula is C16H23Cl2NO. The fourth-order valence-corrected chi connectivity index (χ4v) is 3.29. The van der Waals surface area contributed by atoms with E-state index >= 15 is 0 Å². The Balaban J connectivity index is 2.08. The molecule has 1 aliphatic carbocycles. The Hall–Kier alpha value is -0.280. The van der Waals surface area contributed by atoms with Gasteiger partial charge in [-0.05, 0) is 56.2 Å². The molecule has 0 aliphatic heterocycles. The van der Waals surface area contributed by atoms with Crippen molar-refractivity contribution in [1.82, 2.24) is 5.32 Å². The minimum atomic E-state index is -0.155. The predicted molar refractivity (Wildman–Crippen MR) is 85.5 cm³/mol. The first kappa shape index (κ1) is 16.1. The fraction of sp³-hybridized carbons (Fsp3) is 0.625. The topological polar surface area (TPSA) is 32.3 Å². The fourth-order valence-electron chi connectivity index (χ4n) is 2.99. The maximum absolute atomic E-state index is 9.81. The van der Waals surface area contributed by atoms with Crippen LogP contribution in [-0.4, -0.2) is 17.3 Å². The molecule has 0 radical (unpaired) electrons. The second kappa shape index (κ2) is 6.65. The molecule has 20 heavy (non-hydrogen) atoms. The molecule has 2 N–H and O–H groups in total. The molecule has 1 aromatic carbocycles. The number of rotatable bonds is 4. The third-order valence-corrected chi connectivity index (χ3v) is 5.24. The molecule has 1 saturated carbocycles. The first-order chi connectivity index (χ1) is 9.46. The van der Waals surface area contributed by atoms with E-state index in [0.717, 1.165) is 24.3 Å². The SMILES string of the molecule is CC1CCC(CO)(NC(C)c2ccc(Cl)c(Cl)c2)CC1. The molecule has 4 heteroatoms. The predicted octanol–water partition coefficient (Wildman–Crippen LogP) is 4.59. The largest absolute Gasteiger partial charge is 0.394 e. The average Bonchev–Trinajstić information content (AvgIpc) is 2.44. The number of aliphatic hydroxyl groups is 1. The van der Waals surface area contributed by atoms with Crippen LogP contribution in [0.5, 0.6) is 0 Å². The molecule has 0 aromatic heterocycles. The second-order valence-electron chi connectivity index (χ2n) is 6.16. The molecule has 1 aliphatic rings. The summed E-state index contributed by atoms with van der Waals surface area (Å²) in [6.07, 6.45) is 4.38. The van der Waals surface area contributed by atoms with Gasteiger partial charge in [0.15, 0.2) is 0 Å². The van der Waals surface area contributed by atoms with E-state index in [1.807, 2.05) is 18.2 Å². The van der Waals surface area contributed by atoms with Crippen molar-refractivity contribution in [1.29, 1.82) is 0 Å². The zero-order valence-electron chi connectivity index (χ0n) is 12.1. The number of hydrogen-bond donors (Lipinski definition) is 2. The van der Waals surface area contributed by atoms with E-state index in [0.29, 0.717) is 10.0 Å². The lowest BCUT2D eigenvalue weighted by atomic mass is 9.77. The summed E-state index contributed by atoms with van der Waals surface area (Å²) >= 11 is 12.0. The highest BCUT2D eigenvalue weighted by atomic mass is 35.5. The van der Waals surface area contributed by atoms with Crippen molar-refractivity contribution in [3.8, 4) is 0 Å². The van der Waals surface area contributed by atoms with Crippen LogP contribution in [0.4, 0.5) is 0 Å². The highest BCUT2D eigenvalue weighted by molar-refractivity contribution is 6.42. The number of aliphatic hydroxyl groups excluding tert-OH is 1. The van der Waals surface area contributed by atoms with E-state index < -0.39 is 0 Å². The summed E-state index contributed by atoms with van der Waals surface area (Å²) in [6, 6.07) is 5.86. The molecule has 0 bridgehead atoms. The van der Waals surface area contributed by atoms with Gasteiger partial charge in [0, 0.05) is 11.6 Å². The maximum Gasteiger partial charge on any atom is 0.0613 e. The third-order valence-electron chi connectivity index (χ3n) is 4.50. The van der Waals surface area contributed by atoms with Crippen LogP contribution in [0.1, 0.15) is 51.1 Å². The third kappa shape index (κ3) is 3.67. The van der Waals surface area contributed by atoms with Gasteiger partial charge in [0.05, 0.1) is 16.7 Å². The number of halogens is 2. The minimum absolute atomic E-state index is 0.144. The van der Waals surface area contributed by atoms with Gasteiger partial charge in [0.25, 0.3) is 0 Å². The Bertz CT molecular complexity index is 456. The second-order valence-corrected chi connectivity index (χ2v) is 6.97. The van der Waals surface area contributed by atoms with Gasteiger partial charge in [-0.25, -0.2) is 0 Å². The van der Waals surface area contributed by atoms with E-state index in [-0.39, 0.29) is 18.2 Å². The molecule has 1 fully saturated rings. The molecule has 0 heterocycles. The molecule has 2 rings (SSSR count). The lowest BCUT2D eigenvalue weighted by molar-refractivity contribution is 0.0960. The van der Waals surface area contributed by atoms with Crippen LogP contribution in [0.25, 0.3) is 0 Å². The number of benzene rings is 1. The van der Waals surface area contributed by atoms with Crippen molar-refractivity contribution in [2.24, 2.45) is 5.92 Å². The first-order valence-electron chi connectivity index (χ1n) is 7.29. The molecule has 2 nitrogen and oxygen atoms in total. The Morgan fingerprint density at radius 2 is 1.95 bits per heavy atom. The Morgan fingerprint density at radius 3 is 2.50 bits per heavy atom. The molecule has 1 aromatic rings. The van der Waals surface area contributed by atoms with Gasteiger partial charge in [-0.3, -0.25) is 0 Å². The summed E-state index contributed by atoms with van der Waals surface area (Å²) in [5, 5.41) is 14.6.